The summed E-state index contributed by atoms with van der Waals surface area (Å²) in [7, 11) is 1.61. The number of nitrogens with zero attached hydrogens (tertiary/aromatic N) is 1. The van der Waals surface area contributed by atoms with Gasteiger partial charge >= 0.3 is 0 Å². The molecule has 7 nitrogen and oxygen atoms in total. The standard InChI is InChI=1S/C13H16N4O3/c1-19-6-7-20-12-5-3-2-4-9(12)10-8-11(17-16-10)13(18)15-14/h2-5,8H,6-7,14H2,1H3,(H,15,18)(H,16,17). The SMILES string of the molecule is COCCOc1ccccc1-c1cc(C(=O)NN)[nH]n1. The predicted octanol–water partition coefficient (Wildman–Crippen LogP) is 0.705. The molecule has 0 bridgehead atoms. The lowest BCUT2D eigenvalue weighted by atomic mass is 10.1. The Bertz CT molecular complexity index is 583. The normalized spacial score (nSPS) is 10.3. The number of nitrogens with one attached hydrogen (secondary N) is 2. The molecule has 0 aliphatic heterocycles. The molecule has 1 aromatic heterocycles. The minimum Gasteiger partial charge on any atom is -0.490 e. The molecule has 1 amide bonds. The van der Waals surface area contributed by atoms with Crippen molar-refractivity contribution in [3.63, 3.8) is 0 Å². The maximum absolute atomic E-state index is 11.4. The van der Waals surface area contributed by atoms with Crippen LogP contribution in [-0.2, 0) is 4.74 Å². The minimum atomic E-state index is -0.429. The van der Waals surface area contributed by atoms with E-state index in [-0.39, 0.29) is 5.69 Å². The summed E-state index contributed by atoms with van der Waals surface area (Å²) >= 11 is 0. The Balaban J connectivity index is 2.23. The first-order valence-electron chi connectivity index (χ1n) is 6.03. The fourth-order valence-electron chi connectivity index (χ4n) is 1.69. The average Bonchev–Trinajstić information content (AvgIpc) is 2.97. The maximum Gasteiger partial charge on any atom is 0.283 e. The number of hydrogen-bond acceptors (Lipinski definition) is 5. The molecule has 0 atom stereocenters. The fourth-order valence-corrected chi connectivity index (χ4v) is 1.69. The number of hydrogen-bond donors (Lipinski definition) is 3. The summed E-state index contributed by atoms with van der Waals surface area (Å²) < 4.78 is 10.6. The number of carbonyl (C=O) groups excluding carboxylic acids is 1. The highest BCUT2D eigenvalue weighted by molar-refractivity contribution is 5.93. The smallest absolute Gasteiger partial charge is 0.283 e. The van der Waals surface area contributed by atoms with Crippen molar-refractivity contribution >= 4 is 5.91 Å². The average molecular weight is 276 g/mol. The van der Waals surface area contributed by atoms with E-state index in [1.807, 2.05) is 29.7 Å². The summed E-state index contributed by atoms with van der Waals surface area (Å²) in [6.07, 6.45) is 0. The van der Waals surface area contributed by atoms with E-state index in [9.17, 15) is 4.79 Å². The van der Waals surface area contributed by atoms with E-state index in [1.165, 1.54) is 0 Å². The minimum absolute atomic E-state index is 0.286. The third kappa shape index (κ3) is 3.14. The van der Waals surface area contributed by atoms with Crippen LogP contribution in [0.4, 0.5) is 0 Å². The number of nitrogen functional groups attached to an aromatic ring is 1. The number of methoxy groups -OCH3 is 1. The van der Waals surface area contributed by atoms with Crippen LogP contribution in [0.25, 0.3) is 11.3 Å². The molecule has 0 saturated carbocycles. The number of nitrogens with two attached hydrogens (primary N) is 1. The Morgan fingerprint density at radius 3 is 2.95 bits per heavy atom. The first kappa shape index (κ1) is 14.0. The van der Waals surface area contributed by atoms with E-state index in [2.05, 4.69) is 10.2 Å². The first-order valence-corrected chi connectivity index (χ1v) is 6.03. The van der Waals surface area contributed by atoms with E-state index < -0.39 is 5.91 Å². The highest BCUT2D eigenvalue weighted by Crippen LogP contribution is 2.28. The Morgan fingerprint density at radius 2 is 2.20 bits per heavy atom. The van der Waals surface area contributed by atoms with Gasteiger partial charge in [0.05, 0.1) is 12.3 Å². The van der Waals surface area contributed by atoms with Gasteiger partial charge in [0, 0.05) is 12.7 Å². The van der Waals surface area contributed by atoms with Crippen molar-refractivity contribution in [3.8, 4) is 17.0 Å². The second-order valence-electron chi connectivity index (χ2n) is 3.98. The third-order valence-corrected chi connectivity index (χ3v) is 2.66. The Kier molecular flexibility index (Phi) is 4.70. The van der Waals surface area contributed by atoms with Crippen LogP contribution in [0.15, 0.2) is 30.3 Å². The molecular weight excluding hydrogens is 260 g/mol. The van der Waals surface area contributed by atoms with E-state index in [4.69, 9.17) is 15.3 Å². The summed E-state index contributed by atoms with van der Waals surface area (Å²) in [4.78, 5) is 11.4. The van der Waals surface area contributed by atoms with Crippen LogP contribution in [0.1, 0.15) is 10.5 Å². The molecular formula is C13H16N4O3. The Hall–Kier alpha value is -2.38. The van der Waals surface area contributed by atoms with Gasteiger partial charge in [-0.3, -0.25) is 15.3 Å². The molecule has 1 heterocycles. The van der Waals surface area contributed by atoms with Crippen LogP contribution >= 0.6 is 0 Å². The number of hydrazine groups is 1. The fraction of sp³-hybridized carbons (Fsp3) is 0.231. The molecule has 0 saturated heterocycles. The van der Waals surface area contributed by atoms with Gasteiger partial charge in [0.2, 0.25) is 0 Å². The molecule has 0 aliphatic carbocycles. The monoisotopic (exact) mass is 276 g/mol. The maximum atomic E-state index is 11.4. The zero-order chi connectivity index (χ0) is 14.4. The van der Waals surface area contributed by atoms with Gasteiger partial charge in [-0.15, -0.1) is 0 Å². The van der Waals surface area contributed by atoms with Gasteiger partial charge in [0.15, 0.2) is 0 Å². The van der Waals surface area contributed by atoms with E-state index in [1.54, 1.807) is 13.2 Å². The molecule has 7 heteroatoms. The third-order valence-electron chi connectivity index (χ3n) is 2.66. The number of aromatic nitrogens is 2. The van der Waals surface area contributed by atoms with Crippen LogP contribution in [0, 0.1) is 0 Å². The van der Waals surface area contributed by atoms with Crippen molar-refractivity contribution < 1.29 is 14.3 Å². The molecule has 0 fully saturated rings. The summed E-state index contributed by atoms with van der Waals surface area (Å²) in [5, 5.41) is 6.72. The molecule has 0 unspecified atom stereocenters. The highest BCUT2D eigenvalue weighted by atomic mass is 16.5. The molecule has 20 heavy (non-hydrogen) atoms. The molecule has 0 aliphatic rings. The second-order valence-corrected chi connectivity index (χ2v) is 3.98. The number of carbonyl (C=O) groups is 1. The van der Waals surface area contributed by atoms with Gasteiger partial charge < -0.3 is 9.47 Å². The van der Waals surface area contributed by atoms with E-state index >= 15 is 0 Å². The number of benzene rings is 1. The number of rotatable bonds is 6. The van der Waals surface area contributed by atoms with Crippen LogP contribution in [0.5, 0.6) is 5.75 Å². The van der Waals surface area contributed by atoms with Crippen LogP contribution < -0.4 is 16.0 Å². The number of para-hydroxylation sites is 1. The van der Waals surface area contributed by atoms with Crippen LogP contribution in [-0.4, -0.2) is 36.4 Å². The number of amides is 1. The molecule has 2 rings (SSSR count). The Morgan fingerprint density at radius 1 is 1.40 bits per heavy atom. The first-order chi connectivity index (χ1) is 9.76. The van der Waals surface area contributed by atoms with E-state index in [0.29, 0.717) is 24.7 Å². The zero-order valence-corrected chi connectivity index (χ0v) is 11.1. The van der Waals surface area contributed by atoms with Crippen molar-refractivity contribution in [2.45, 2.75) is 0 Å². The van der Waals surface area contributed by atoms with Crippen molar-refractivity contribution in [2.75, 3.05) is 20.3 Å². The number of H-pyrrole nitrogens is 1. The second kappa shape index (κ2) is 6.69. The highest BCUT2D eigenvalue weighted by Gasteiger charge is 2.12. The van der Waals surface area contributed by atoms with Gasteiger partial charge in [0.25, 0.3) is 5.91 Å². The van der Waals surface area contributed by atoms with Gasteiger partial charge in [-0.2, -0.15) is 5.10 Å². The molecule has 0 radical (unpaired) electrons. The summed E-state index contributed by atoms with van der Waals surface area (Å²) in [6, 6.07) is 9.05. The lowest BCUT2D eigenvalue weighted by Crippen LogP contribution is -2.30. The lowest BCUT2D eigenvalue weighted by molar-refractivity contribution is 0.0948. The van der Waals surface area contributed by atoms with Gasteiger partial charge in [-0.05, 0) is 18.2 Å². The van der Waals surface area contributed by atoms with Crippen molar-refractivity contribution in [1.82, 2.24) is 15.6 Å². The van der Waals surface area contributed by atoms with Gasteiger partial charge in [0.1, 0.15) is 18.1 Å². The van der Waals surface area contributed by atoms with Gasteiger partial charge in [-0.1, -0.05) is 12.1 Å². The van der Waals surface area contributed by atoms with E-state index in [0.717, 1.165) is 5.56 Å². The molecule has 4 N–H and O–H groups in total. The zero-order valence-electron chi connectivity index (χ0n) is 11.1. The van der Waals surface area contributed by atoms with Crippen LogP contribution in [0.3, 0.4) is 0 Å². The molecule has 106 valence electrons. The van der Waals surface area contributed by atoms with Crippen molar-refractivity contribution in [2.24, 2.45) is 5.84 Å². The van der Waals surface area contributed by atoms with Gasteiger partial charge in [-0.25, -0.2) is 5.84 Å². The molecule has 0 spiro atoms. The predicted molar refractivity (Wildman–Crippen MR) is 73.0 cm³/mol. The Labute approximate surface area is 116 Å². The summed E-state index contributed by atoms with van der Waals surface area (Å²) in [6.45, 7) is 0.934. The summed E-state index contributed by atoms with van der Waals surface area (Å²) in [5.41, 5.74) is 3.73. The van der Waals surface area contributed by atoms with Crippen LogP contribution in [0.2, 0.25) is 0 Å². The lowest BCUT2D eigenvalue weighted by Gasteiger charge is -2.09. The largest absolute Gasteiger partial charge is 0.490 e. The number of ether oxygens (including phenoxy) is 2. The number of aromatic amines is 1. The quantitative estimate of drug-likeness (QED) is 0.312. The van der Waals surface area contributed by atoms with Crippen molar-refractivity contribution in [3.05, 3.63) is 36.0 Å². The topological polar surface area (TPSA) is 102 Å². The molecule has 2 aromatic rings. The molecule has 1 aromatic carbocycles. The van der Waals surface area contributed by atoms with Crippen molar-refractivity contribution in [1.29, 1.82) is 0 Å². The summed E-state index contributed by atoms with van der Waals surface area (Å²) in [5.74, 6) is 5.32.